The van der Waals surface area contributed by atoms with Gasteiger partial charge in [-0.3, -0.25) is 10.1 Å². The molecule has 0 heterocycles. The van der Waals surface area contributed by atoms with Gasteiger partial charge in [-0.25, -0.2) is 0 Å². The lowest BCUT2D eigenvalue weighted by molar-refractivity contribution is -0.385. The Morgan fingerprint density at radius 2 is 2.21 bits per heavy atom. The molecule has 1 aliphatic carbocycles. The van der Waals surface area contributed by atoms with Crippen LogP contribution in [0.2, 0.25) is 0 Å². The number of nitro benzene ring substituents is 1. The van der Waals surface area contributed by atoms with Crippen molar-refractivity contribution in [3.63, 3.8) is 0 Å². The Balaban J connectivity index is 2.09. The molecule has 2 N–H and O–H groups in total. The van der Waals surface area contributed by atoms with E-state index in [-0.39, 0.29) is 22.6 Å². The van der Waals surface area contributed by atoms with E-state index < -0.39 is 0 Å². The Hall–Kier alpha value is -1.14. The van der Waals surface area contributed by atoms with Crippen LogP contribution in [-0.2, 0) is 0 Å². The minimum Gasteiger partial charge on any atom is -0.396 e. The second-order valence-electron chi connectivity index (χ2n) is 5.20. The van der Waals surface area contributed by atoms with E-state index in [0.29, 0.717) is 10.0 Å². The molecule has 104 valence electrons. The van der Waals surface area contributed by atoms with Crippen molar-refractivity contribution in [2.45, 2.75) is 26.2 Å². The molecule has 2 rings (SSSR count). The molecule has 0 bridgehead atoms. The number of aliphatic hydroxyl groups excluding tert-OH is 1. The average Bonchev–Trinajstić information content (AvgIpc) is 3.10. The Morgan fingerprint density at radius 3 is 2.74 bits per heavy atom. The Kier molecular flexibility index (Phi) is 4.10. The van der Waals surface area contributed by atoms with Gasteiger partial charge in [0.2, 0.25) is 0 Å². The number of hydrogen-bond acceptors (Lipinski definition) is 4. The van der Waals surface area contributed by atoms with Gasteiger partial charge in [0.05, 0.1) is 4.92 Å². The maximum atomic E-state index is 10.8. The Morgan fingerprint density at radius 1 is 1.53 bits per heavy atom. The summed E-state index contributed by atoms with van der Waals surface area (Å²) in [6, 6.07) is 3.32. The summed E-state index contributed by atoms with van der Waals surface area (Å²) in [5.41, 5.74) is 1.84. The fourth-order valence-electron chi connectivity index (χ4n) is 2.22. The quantitative estimate of drug-likeness (QED) is 0.621. The van der Waals surface area contributed by atoms with Crippen LogP contribution in [0, 0.1) is 22.5 Å². The molecule has 1 aromatic carbocycles. The van der Waals surface area contributed by atoms with E-state index in [4.69, 9.17) is 5.11 Å². The summed E-state index contributed by atoms with van der Waals surface area (Å²) in [6.07, 6.45) is 3.07. The molecular formula is C13H17BrN2O3. The second kappa shape index (κ2) is 5.46. The van der Waals surface area contributed by atoms with Crippen LogP contribution in [0.15, 0.2) is 16.6 Å². The van der Waals surface area contributed by atoms with Gasteiger partial charge >= 0.3 is 0 Å². The molecule has 1 aliphatic rings. The Labute approximate surface area is 120 Å². The number of rotatable bonds is 6. The van der Waals surface area contributed by atoms with E-state index in [9.17, 15) is 10.1 Å². The third-order valence-electron chi connectivity index (χ3n) is 3.74. The highest BCUT2D eigenvalue weighted by Crippen LogP contribution is 2.48. The van der Waals surface area contributed by atoms with E-state index in [1.54, 1.807) is 13.0 Å². The molecule has 0 radical (unpaired) electrons. The maximum absolute atomic E-state index is 10.8. The lowest BCUT2D eigenvalue weighted by Crippen LogP contribution is -2.17. The van der Waals surface area contributed by atoms with Gasteiger partial charge in [-0.15, -0.1) is 0 Å². The molecule has 0 spiro atoms. The van der Waals surface area contributed by atoms with E-state index in [1.165, 1.54) is 6.07 Å². The topological polar surface area (TPSA) is 75.4 Å². The monoisotopic (exact) mass is 328 g/mol. The Bertz CT molecular complexity index is 501. The van der Waals surface area contributed by atoms with E-state index in [2.05, 4.69) is 21.2 Å². The van der Waals surface area contributed by atoms with Crippen LogP contribution in [0.3, 0.4) is 0 Å². The summed E-state index contributed by atoms with van der Waals surface area (Å²) >= 11 is 3.36. The highest BCUT2D eigenvalue weighted by atomic mass is 79.9. The van der Waals surface area contributed by atoms with Crippen LogP contribution in [0.4, 0.5) is 11.4 Å². The molecule has 0 unspecified atom stereocenters. The van der Waals surface area contributed by atoms with Crippen molar-refractivity contribution in [3.05, 3.63) is 32.3 Å². The number of nitro groups is 1. The van der Waals surface area contributed by atoms with Crippen molar-refractivity contribution in [2.75, 3.05) is 18.5 Å². The zero-order valence-corrected chi connectivity index (χ0v) is 12.4. The predicted molar refractivity (Wildman–Crippen MR) is 77.4 cm³/mol. The first-order chi connectivity index (χ1) is 8.97. The van der Waals surface area contributed by atoms with Crippen molar-refractivity contribution in [2.24, 2.45) is 5.41 Å². The SMILES string of the molecule is Cc1cc(NCC2(CCO)CC2)c(Br)cc1[N+](=O)[O-]. The number of aryl methyl sites for hydroxylation is 1. The fourth-order valence-corrected chi connectivity index (χ4v) is 2.69. The van der Waals surface area contributed by atoms with Gasteiger partial charge in [0.15, 0.2) is 0 Å². The van der Waals surface area contributed by atoms with Crippen LogP contribution < -0.4 is 5.32 Å². The van der Waals surface area contributed by atoms with Crippen LogP contribution in [0.5, 0.6) is 0 Å². The number of nitrogens with zero attached hydrogens (tertiary/aromatic N) is 1. The van der Waals surface area contributed by atoms with Crippen molar-refractivity contribution < 1.29 is 10.0 Å². The van der Waals surface area contributed by atoms with Crippen LogP contribution >= 0.6 is 15.9 Å². The van der Waals surface area contributed by atoms with Gasteiger partial charge in [-0.1, -0.05) is 0 Å². The normalized spacial score (nSPS) is 16.2. The summed E-state index contributed by atoms with van der Waals surface area (Å²) in [5, 5.41) is 23.2. The van der Waals surface area contributed by atoms with Crippen LogP contribution in [0.1, 0.15) is 24.8 Å². The molecule has 1 aromatic rings. The van der Waals surface area contributed by atoms with Gasteiger partial charge in [0.25, 0.3) is 5.69 Å². The number of hydrogen-bond donors (Lipinski definition) is 2. The van der Waals surface area contributed by atoms with Gasteiger partial charge in [0.1, 0.15) is 0 Å². The summed E-state index contributed by atoms with van der Waals surface area (Å²) in [5.74, 6) is 0. The summed E-state index contributed by atoms with van der Waals surface area (Å²) in [7, 11) is 0. The van der Waals surface area contributed by atoms with E-state index in [0.717, 1.165) is 31.5 Å². The molecule has 0 saturated heterocycles. The fraction of sp³-hybridized carbons (Fsp3) is 0.538. The van der Waals surface area contributed by atoms with E-state index in [1.807, 2.05) is 0 Å². The molecule has 1 saturated carbocycles. The third kappa shape index (κ3) is 3.25. The lowest BCUT2D eigenvalue weighted by atomic mass is 10.0. The molecular weight excluding hydrogens is 312 g/mol. The summed E-state index contributed by atoms with van der Waals surface area (Å²) < 4.78 is 0.699. The standard InChI is InChI=1S/C13H17BrN2O3/c1-9-6-11(10(14)7-12(9)16(18)19)15-8-13(2-3-13)4-5-17/h6-7,15,17H,2-5,8H2,1H3. The number of benzene rings is 1. The molecule has 0 amide bonds. The number of nitrogens with one attached hydrogen (secondary N) is 1. The second-order valence-corrected chi connectivity index (χ2v) is 6.06. The first-order valence-corrected chi connectivity index (χ1v) is 7.06. The predicted octanol–water partition coefficient (Wildman–Crippen LogP) is 3.24. The minimum absolute atomic E-state index is 0.119. The van der Waals surface area contributed by atoms with Crippen LogP contribution in [0.25, 0.3) is 0 Å². The lowest BCUT2D eigenvalue weighted by Gasteiger charge is -2.16. The molecule has 6 heteroatoms. The number of anilines is 1. The van der Waals surface area contributed by atoms with Crippen molar-refractivity contribution in [1.82, 2.24) is 0 Å². The van der Waals surface area contributed by atoms with Crippen molar-refractivity contribution in [3.8, 4) is 0 Å². The molecule has 19 heavy (non-hydrogen) atoms. The van der Waals surface area contributed by atoms with Gasteiger partial charge in [-0.05, 0) is 53.6 Å². The van der Waals surface area contributed by atoms with Crippen molar-refractivity contribution in [1.29, 1.82) is 0 Å². The molecule has 1 fully saturated rings. The molecule has 0 aliphatic heterocycles. The molecule has 0 aromatic heterocycles. The van der Waals surface area contributed by atoms with Crippen molar-refractivity contribution >= 4 is 27.3 Å². The zero-order valence-electron chi connectivity index (χ0n) is 10.8. The highest BCUT2D eigenvalue weighted by molar-refractivity contribution is 9.10. The smallest absolute Gasteiger partial charge is 0.273 e. The summed E-state index contributed by atoms with van der Waals surface area (Å²) in [6.45, 7) is 2.74. The first kappa shape index (κ1) is 14.3. The van der Waals surface area contributed by atoms with Crippen LogP contribution in [-0.4, -0.2) is 23.2 Å². The van der Waals surface area contributed by atoms with Gasteiger partial charge < -0.3 is 10.4 Å². The van der Waals surface area contributed by atoms with Gasteiger partial charge in [-0.2, -0.15) is 0 Å². The van der Waals surface area contributed by atoms with E-state index >= 15 is 0 Å². The highest BCUT2D eigenvalue weighted by Gasteiger charge is 2.41. The number of halogens is 1. The van der Waals surface area contributed by atoms with Gasteiger partial charge in [0, 0.05) is 34.9 Å². The zero-order chi connectivity index (χ0) is 14.0. The molecule has 5 nitrogen and oxygen atoms in total. The summed E-state index contributed by atoms with van der Waals surface area (Å²) in [4.78, 5) is 10.5. The average molecular weight is 329 g/mol. The first-order valence-electron chi connectivity index (χ1n) is 6.27. The minimum atomic E-state index is -0.377. The largest absolute Gasteiger partial charge is 0.396 e. The third-order valence-corrected chi connectivity index (χ3v) is 4.39. The number of aliphatic hydroxyl groups is 1. The molecule has 0 atom stereocenters. The maximum Gasteiger partial charge on any atom is 0.273 e.